The first-order chi connectivity index (χ1) is 20.1. The molecule has 3 aromatic rings. The van der Waals surface area contributed by atoms with E-state index in [4.69, 9.17) is 9.16 Å². The van der Waals surface area contributed by atoms with Crippen molar-refractivity contribution in [3.8, 4) is 0 Å². The van der Waals surface area contributed by atoms with E-state index < -0.39 is 28.3 Å². The summed E-state index contributed by atoms with van der Waals surface area (Å²) in [5.74, 6) is -0.521. The van der Waals surface area contributed by atoms with Gasteiger partial charge in [-0.3, -0.25) is 4.79 Å². The maximum Gasteiger partial charge on any atom is 0.261 e. The Hall–Kier alpha value is -2.24. The van der Waals surface area contributed by atoms with E-state index in [1.165, 1.54) is 35.6 Å². The SMILES string of the molecule is CC(C)(CO[Si](c1ccccc1)(c1ccccc1)C(C)(C)C)c1nnc(CC(=O)C(C)(C)S(=O)(=O)C[C@H]2CCCCO2)s1. The van der Waals surface area contributed by atoms with Gasteiger partial charge in [-0.25, -0.2) is 8.42 Å². The van der Waals surface area contributed by atoms with Gasteiger partial charge in [0.05, 0.1) is 18.3 Å². The van der Waals surface area contributed by atoms with Gasteiger partial charge in [-0.05, 0) is 48.5 Å². The lowest BCUT2D eigenvalue weighted by Gasteiger charge is -2.44. The molecule has 234 valence electrons. The first-order valence-electron chi connectivity index (χ1n) is 15.1. The molecule has 1 saturated heterocycles. The molecule has 0 amide bonds. The molecule has 0 unspecified atom stereocenters. The molecule has 0 saturated carbocycles. The monoisotopic (exact) mass is 642 g/mol. The smallest absolute Gasteiger partial charge is 0.261 e. The Bertz CT molecular complexity index is 1440. The highest BCUT2D eigenvalue weighted by atomic mass is 32.2. The minimum absolute atomic E-state index is 0.0823. The minimum atomic E-state index is -3.73. The number of nitrogens with zero attached hydrogens (tertiary/aromatic N) is 2. The van der Waals surface area contributed by atoms with Gasteiger partial charge < -0.3 is 9.16 Å². The molecule has 0 radical (unpaired) electrons. The molecule has 1 aliphatic heterocycles. The largest absolute Gasteiger partial charge is 0.406 e. The summed E-state index contributed by atoms with van der Waals surface area (Å²) in [7, 11) is -6.48. The lowest BCUT2D eigenvalue weighted by atomic mass is 9.96. The third kappa shape index (κ3) is 7.19. The molecule has 4 rings (SSSR count). The van der Waals surface area contributed by atoms with Crippen molar-refractivity contribution in [2.45, 2.75) is 95.5 Å². The van der Waals surface area contributed by atoms with Gasteiger partial charge in [-0.2, -0.15) is 0 Å². The molecule has 7 nitrogen and oxygen atoms in total. The van der Waals surface area contributed by atoms with Crippen molar-refractivity contribution >= 4 is 45.6 Å². The molecule has 0 aliphatic carbocycles. The molecule has 0 bridgehead atoms. The number of aromatic nitrogens is 2. The van der Waals surface area contributed by atoms with Crippen molar-refractivity contribution in [3.05, 3.63) is 70.7 Å². The van der Waals surface area contributed by atoms with Gasteiger partial charge in [0.15, 0.2) is 15.6 Å². The van der Waals surface area contributed by atoms with E-state index in [2.05, 4.69) is 93.3 Å². The molecule has 1 fully saturated rings. The third-order valence-electron chi connectivity index (χ3n) is 8.55. The Balaban J connectivity index is 1.54. The molecular formula is C33H46N2O5S2Si. The van der Waals surface area contributed by atoms with Crippen molar-refractivity contribution in [1.82, 2.24) is 10.2 Å². The number of carbonyl (C=O) groups is 1. The maximum absolute atomic E-state index is 13.4. The fraction of sp³-hybridized carbons (Fsp3) is 0.545. The van der Waals surface area contributed by atoms with Crippen molar-refractivity contribution in [2.24, 2.45) is 0 Å². The zero-order valence-electron chi connectivity index (χ0n) is 26.6. The van der Waals surface area contributed by atoms with Crippen LogP contribution in [0.15, 0.2) is 60.7 Å². The number of hydrogen-bond acceptors (Lipinski definition) is 8. The highest BCUT2D eigenvalue weighted by Gasteiger charge is 2.51. The predicted molar refractivity (Wildman–Crippen MR) is 177 cm³/mol. The standard InChI is InChI=1S/C33H46N2O5S2Si/c1-31(2,3)43(26-17-10-8-11-18-26,27-19-12-9-13-20-27)40-24-32(4,5)30-35-34-29(41-30)22-28(36)33(6,7)42(37,38)23-25-16-14-15-21-39-25/h8-13,17-20,25H,14-16,21-24H2,1-7H3/t25-/m1/s1. The van der Waals surface area contributed by atoms with Crippen LogP contribution in [0.2, 0.25) is 5.04 Å². The van der Waals surface area contributed by atoms with Crippen LogP contribution in [0.1, 0.15) is 77.7 Å². The normalized spacial score (nSPS) is 17.1. The summed E-state index contributed by atoms with van der Waals surface area (Å²) in [4.78, 5) is 13.4. The lowest BCUT2D eigenvalue weighted by Crippen LogP contribution is -2.67. The van der Waals surface area contributed by atoms with E-state index in [-0.39, 0.29) is 29.1 Å². The average molecular weight is 643 g/mol. The van der Waals surface area contributed by atoms with Gasteiger partial charge in [-0.15, -0.1) is 21.5 Å². The molecule has 2 heterocycles. The summed E-state index contributed by atoms with van der Waals surface area (Å²) < 4.78 is 37.8. The van der Waals surface area contributed by atoms with Crippen LogP contribution in [0.4, 0.5) is 0 Å². The van der Waals surface area contributed by atoms with Crippen molar-refractivity contribution < 1.29 is 22.4 Å². The summed E-state index contributed by atoms with van der Waals surface area (Å²) >= 11 is 1.35. The topological polar surface area (TPSA) is 95.5 Å². The minimum Gasteiger partial charge on any atom is -0.406 e. The summed E-state index contributed by atoms with van der Waals surface area (Å²) in [6.45, 7) is 14.9. The maximum atomic E-state index is 13.4. The number of sulfone groups is 1. The van der Waals surface area contributed by atoms with Crippen molar-refractivity contribution in [3.63, 3.8) is 0 Å². The van der Waals surface area contributed by atoms with Crippen molar-refractivity contribution in [2.75, 3.05) is 19.0 Å². The van der Waals surface area contributed by atoms with Crippen molar-refractivity contribution in [1.29, 1.82) is 0 Å². The van der Waals surface area contributed by atoms with Crippen LogP contribution in [0.3, 0.4) is 0 Å². The zero-order valence-corrected chi connectivity index (χ0v) is 29.2. The Morgan fingerprint density at radius 3 is 2.02 bits per heavy atom. The quantitative estimate of drug-likeness (QED) is 0.249. The van der Waals surface area contributed by atoms with Gasteiger partial charge in [0.2, 0.25) is 0 Å². The van der Waals surface area contributed by atoms with E-state index in [0.717, 1.165) is 17.8 Å². The Morgan fingerprint density at radius 1 is 0.930 bits per heavy atom. The van der Waals surface area contributed by atoms with Crippen LogP contribution in [-0.2, 0) is 35.6 Å². The Labute approximate surface area is 262 Å². The van der Waals surface area contributed by atoms with E-state index in [9.17, 15) is 13.2 Å². The molecule has 0 N–H and O–H groups in total. The summed E-state index contributed by atoms with van der Waals surface area (Å²) in [6, 6.07) is 21.0. The molecule has 1 atom stereocenters. The van der Waals surface area contributed by atoms with Crippen LogP contribution < -0.4 is 10.4 Å². The Morgan fingerprint density at radius 2 is 1.51 bits per heavy atom. The van der Waals surface area contributed by atoms with E-state index in [1.807, 2.05) is 12.1 Å². The third-order valence-corrected chi connectivity index (χ3v) is 17.4. The highest BCUT2D eigenvalue weighted by Crippen LogP contribution is 2.39. The van der Waals surface area contributed by atoms with Crippen LogP contribution in [0, 0.1) is 0 Å². The summed E-state index contributed by atoms with van der Waals surface area (Å²) in [5, 5.41) is 12.3. The van der Waals surface area contributed by atoms with E-state index >= 15 is 0 Å². The Kier molecular flexibility index (Phi) is 10.2. The number of ketones is 1. The number of ether oxygens (including phenoxy) is 1. The second kappa shape index (κ2) is 13.0. The molecule has 1 aromatic heterocycles. The van der Waals surface area contributed by atoms with Gasteiger partial charge in [0.1, 0.15) is 14.8 Å². The molecule has 43 heavy (non-hydrogen) atoms. The van der Waals surface area contributed by atoms with Crippen LogP contribution in [-0.4, -0.2) is 62.5 Å². The number of Topliss-reactive ketones (excluding diaryl/α,β-unsaturated/α-hetero) is 1. The summed E-state index contributed by atoms with van der Waals surface area (Å²) in [6.07, 6.45) is 2.15. The second-order valence-electron chi connectivity index (χ2n) is 13.7. The number of hydrogen-bond donors (Lipinski definition) is 0. The fourth-order valence-corrected chi connectivity index (χ4v) is 12.9. The zero-order chi connectivity index (χ0) is 31.5. The molecule has 10 heteroatoms. The van der Waals surface area contributed by atoms with Gasteiger partial charge in [0.25, 0.3) is 8.32 Å². The molecule has 2 aromatic carbocycles. The van der Waals surface area contributed by atoms with Gasteiger partial charge in [0, 0.05) is 18.6 Å². The number of benzene rings is 2. The fourth-order valence-electron chi connectivity index (χ4n) is 5.63. The molecule has 1 aliphatic rings. The predicted octanol–water partition coefficient (Wildman–Crippen LogP) is 5.27. The van der Waals surface area contributed by atoms with Crippen LogP contribution in [0.25, 0.3) is 0 Å². The highest BCUT2D eigenvalue weighted by molar-refractivity contribution is 7.93. The second-order valence-corrected chi connectivity index (χ2v) is 21.7. The number of rotatable bonds is 12. The first-order valence-corrected chi connectivity index (χ1v) is 19.4. The first kappa shape index (κ1) is 33.6. The average Bonchev–Trinajstić information content (AvgIpc) is 3.43. The van der Waals surface area contributed by atoms with Crippen LogP contribution in [0.5, 0.6) is 0 Å². The van der Waals surface area contributed by atoms with Gasteiger partial charge >= 0.3 is 0 Å². The lowest BCUT2D eigenvalue weighted by molar-refractivity contribution is -0.120. The molecular weight excluding hydrogens is 597 g/mol. The molecule has 0 spiro atoms. The van der Waals surface area contributed by atoms with E-state index in [1.54, 1.807) is 0 Å². The number of carbonyl (C=O) groups excluding carboxylic acids is 1. The van der Waals surface area contributed by atoms with Gasteiger partial charge in [-0.1, -0.05) is 95.3 Å². The summed E-state index contributed by atoms with van der Waals surface area (Å²) in [5.41, 5.74) is -0.494. The van der Waals surface area contributed by atoms with E-state index in [0.29, 0.717) is 24.6 Å². The van der Waals surface area contributed by atoms with Crippen LogP contribution >= 0.6 is 11.3 Å².